The molecule has 118 valence electrons. The summed E-state index contributed by atoms with van der Waals surface area (Å²) in [5.41, 5.74) is 5.53. The first kappa shape index (κ1) is 17.5. The van der Waals surface area contributed by atoms with Gasteiger partial charge in [-0.2, -0.15) is 0 Å². The SMILES string of the molecule is CCOC(=O)C(N)(CCN(C)CC(F)F)c1ccccc1. The van der Waals surface area contributed by atoms with Gasteiger partial charge in [0.15, 0.2) is 0 Å². The average Bonchev–Trinajstić information content (AvgIpc) is 2.45. The van der Waals surface area contributed by atoms with Crippen LogP contribution < -0.4 is 5.73 Å². The number of carbonyl (C=O) groups is 1. The van der Waals surface area contributed by atoms with Crippen molar-refractivity contribution in [3.8, 4) is 0 Å². The smallest absolute Gasteiger partial charge is 0.330 e. The van der Waals surface area contributed by atoms with E-state index in [0.717, 1.165) is 0 Å². The highest BCUT2D eigenvalue weighted by molar-refractivity contribution is 5.82. The van der Waals surface area contributed by atoms with E-state index in [1.807, 2.05) is 6.07 Å². The predicted octanol–water partition coefficient (Wildman–Crippen LogP) is 1.99. The molecule has 0 aliphatic rings. The van der Waals surface area contributed by atoms with Gasteiger partial charge in [0, 0.05) is 6.54 Å². The van der Waals surface area contributed by atoms with Crippen LogP contribution in [0.2, 0.25) is 0 Å². The number of nitrogens with two attached hydrogens (primary N) is 1. The molecule has 0 saturated carbocycles. The molecule has 0 saturated heterocycles. The summed E-state index contributed by atoms with van der Waals surface area (Å²) in [6.45, 7) is 1.84. The number of esters is 1. The second-order valence-corrected chi connectivity index (χ2v) is 4.96. The number of hydrogen-bond acceptors (Lipinski definition) is 4. The molecule has 2 N–H and O–H groups in total. The zero-order chi connectivity index (χ0) is 15.9. The zero-order valence-corrected chi connectivity index (χ0v) is 12.4. The summed E-state index contributed by atoms with van der Waals surface area (Å²) in [6.07, 6.45) is -2.21. The highest BCUT2D eigenvalue weighted by atomic mass is 19.3. The summed E-state index contributed by atoms with van der Waals surface area (Å²) in [4.78, 5) is 13.6. The lowest BCUT2D eigenvalue weighted by Gasteiger charge is -2.29. The number of benzene rings is 1. The highest BCUT2D eigenvalue weighted by Gasteiger charge is 2.37. The Balaban J connectivity index is 2.85. The fourth-order valence-electron chi connectivity index (χ4n) is 2.05. The average molecular weight is 300 g/mol. The number of halogens is 2. The van der Waals surface area contributed by atoms with Crippen LogP contribution in [0.1, 0.15) is 18.9 Å². The second-order valence-electron chi connectivity index (χ2n) is 4.96. The second kappa shape index (κ2) is 8.05. The first-order chi connectivity index (χ1) is 9.90. The summed E-state index contributed by atoms with van der Waals surface area (Å²) in [6, 6.07) is 8.85. The Kier molecular flexibility index (Phi) is 6.71. The van der Waals surface area contributed by atoms with Crippen LogP contribution in [0.25, 0.3) is 0 Å². The van der Waals surface area contributed by atoms with Crippen LogP contribution in [0.15, 0.2) is 30.3 Å². The van der Waals surface area contributed by atoms with E-state index in [2.05, 4.69) is 0 Å². The first-order valence-electron chi connectivity index (χ1n) is 6.88. The van der Waals surface area contributed by atoms with Crippen LogP contribution in [-0.4, -0.2) is 44.0 Å². The summed E-state index contributed by atoms with van der Waals surface area (Å²) < 4.78 is 29.7. The van der Waals surface area contributed by atoms with E-state index in [-0.39, 0.29) is 26.1 Å². The maximum absolute atomic E-state index is 12.3. The molecule has 1 aromatic carbocycles. The standard InChI is InChI=1S/C15H22F2N2O2/c1-3-21-14(20)15(18,12-7-5-4-6-8-12)9-10-19(2)11-13(16)17/h4-8,13H,3,9-11,18H2,1-2H3. The molecule has 6 heteroatoms. The molecule has 1 unspecified atom stereocenters. The zero-order valence-electron chi connectivity index (χ0n) is 12.4. The summed E-state index contributed by atoms with van der Waals surface area (Å²) in [7, 11) is 1.57. The number of ether oxygens (including phenoxy) is 1. The van der Waals surface area contributed by atoms with Crippen molar-refractivity contribution in [1.29, 1.82) is 0 Å². The van der Waals surface area contributed by atoms with E-state index in [0.29, 0.717) is 5.56 Å². The van der Waals surface area contributed by atoms with Gasteiger partial charge in [0.1, 0.15) is 5.54 Å². The highest BCUT2D eigenvalue weighted by Crippen LogP contribution is 2.24. The van der Waals surface area contributed by atoms with Crippen LogP contribution in [0, 0.1) is 0 Å². The molecule has 0 heterocycles. The Morgan fingerprint density at radius 1 is 1.38 bits per heavy atom. The normalized spacial score (nSPS) is 14.2. The molecular formula is C15H22F2N2O2. The van der Waals surface area contributed by atoms with Crippen LogP contribution in [0.3, 0.4) is 0 Å². The summed E-state index contributed by atoms with van der Waals surface area (Å²) in [5, 5.41) is 0. The molecule has 0 fully saturated rings. The van der Waals surface area contributed by atoms with Crippen LogP contribution in [0.4, 0.5) is 8.78 Å². The molecule has 4 nitrogen and oxygen atoms in total. The van der Waals surface area contributed by atoms with Gasteiger partial charge in [-0.1, -0.05) is 30.3 Å². The lowest BCUT2D eigenvalue weighted by molar-refractivity contribution is -0.150. The van der Waals surface area contributed by atoms with E-state index in [1.54, 1.807) is 38.2 Å². The van der Waals surface area contributed by atoms with E-state index in [9.17, 15) is 13.6 Å². The van der Waals surface area contributed by atoms with Gasteiger partial charge >= 0.3 is 5.97 Å². The third kappa shape index (κ3) is 5.06. The molecule has 0 radical (unpaired) electrons. The minimum Gasteiger partial charge on any atom is -0.464 e. The Labute approximate surface area is 123 Å². The van der Waals surface area contributed by atoms with E-state index >= 15 is 0 Å². The molecule has 0 aromatic heterocycles. The summed E-state index contributed by atoms with van der Waals surface area (Å²) >= 11 is 0. The van der Waals surface area contributed by atoms with Crippen molar-refractivity contribution in [3.63, 3.8) is 0 Å². The molecule has 0 bridgehead atoms. The number of rotatable bonds is 8. The van der Waals surface area contributed by atoms with Gasteiger partial charge < -0.3 is 15.4 Å². The third-order valence-corrected chi connectivity index (χ3v) is 3.27. The van der Waals surface area contributed by atoms with Crippen molar-refractivity contribution >= 4 is 5.97 Å². The van der Waals surface area contributed by atoms with Crippen molar-refractivity contribution < 1.29 is 18.3 Å². The third-order valence-electron chi connectivity index (χ3n) is 3.27. The van der Waals surface area contributed by atoms with Crippen molar-refractivity contribution in [3.05, 3.63) is 35.9 Å². The minimum atomic E-state index is -2.42. The van der Waals surface area contributed by atoms with Gasteiger partial charge in [0.2, 0.25) is 0 Å². The Bertz CT molecular complexity index is 443. The van der Waals surface area contributed by atoms with Gasteiger partial charge in [0.25, 0.3) is 6.43 Å². The van der Waals surface area contributed by atoms with Crippen LogP contribution >= 0.6 is 0 Å². The maximum atomic E-state index is 12.3. The minimum absolute atomic E-state index is 0.207. The topological polar surface area (TPSA) is 55.6 Å². The maximum Gasteiger partial charge on any atom is 0.330 e. The van der Waals surface area contributed by atoms with Crippen molar-refractivity contribution in [2.45, 2.75) is 25.3 Å². The van der Waals surface area contributed by atoms with E-state index in [1.165, 1.54) is 4.90 Å². The lowest BCUT2D eigenvalue weighted by Crippen LogP contribution is -2.48. The quantitative estimate of drug-likeness (QED) is 0.746. The van der Waals surface area contributed by atoms with Crippen molar-refractivity contribution in [2.75, 3.05) is 26.7 Å². The van der Waals surface area contributed by atoms with Gasteiger partial charge in [-0.25, -0.2) is 13.6 Å². The fourth-order valence-corrected chi connectivity index (χ4v) is 2.05. The first-order valence-corrected chi connectivity index (χ1v) is 6.88. The largest absolute Gasteiger partial charge is 0.464 e. The monoisotopic (exact) mass is 300 g/mol. The molecule has 1 rings (SSSR count). The number of nitrogens with zero attached hydrogens (tertiary/aromatic N) is 1. The molecule has 1 aromatic rings. The van der Waals surface area contributed by atoms with Gasteiger partial charge in [0.05, 0.1) is 13.2 Å². The Morgan fingerprint density at radius 3 is 2.52 bits per heavy atom. The molecule has 0 amide bonds. The van der Waals surface area contributed by atoms with Gasteiger partial charge in [-0.15, -0.1) is 0 Å². The number of hydrogen-bond donors (Lipinski definition) is 1. The molecule has 1 atom stereocenters. The summed E-state index contributed by atoms with van der Waals surface area (Å²) in [5.74, 6) is -0.540. The van der Waals surface area contributed by atoms with Crippen LogP contribution in [0.5, 0.6) is 0 Å². The molecular weight excluding hydrogens is 278 g/mol. The molecule has 0 spiro atoms. The Morgan fingerprint density at radius 2 is 2.00 bits per heavy atom. The van der Waals surface area contributed by atoms with Gasteiger partial charge in [-0.05, 0) is 26.0 Å². The molecule has 0 aliphatic heterocycles. The van der Waals surface area contributed by atoms with E-state index in [4.69, 9.17) is 10.5 Å². The van der Waals surface area contributed by atoms with E-state index < -0.39 is 17.9 Å². The van der Waals surface area contributed by atoms with Crippen molar-refractivity contribution in [1.82, 2.24) is 4.90 Å². The van der Waals surface area contributed by atoms with Crippen LogP contribution in [-0.2, 0) is 15.1 Å². The Hall–Kier alpha value is -1.53. The lowest BCUT2D eigenvalue weighted by atomic mass is 9.87. The number of alkyl halides is 2. The molecule has 21 heavy (non-hydrogen) atoms. The fraction of sp³-hybridized carbons (Fsp3) is 0.533. The number of carbonyl (C=O) groups excluding carboxylic acids is 1. The predicted molar refractivity (Wildman–Crippen MR) is 77.1 cm³/mol. The molecule has 0 aliphatic carbocycles. The van der Waals surface area contributed by atoms with Crippen molar-refractivity contribution in [2.24, 2.45) is 5.73 Å². The van der Waals surface area contributed by atoms with Gasteiger partial charge in [-0.3, -0.25) is 0 Å².